The molecule has 0 atom stereocenters. The topological polar surface area (TPSA) is 58.7 Å². The van der Waals surface area contributed by atoms with Gasteiger partial charge in [0, 0.05) is 45.7 Å². The average Bonchev–Trinajstić information content (AvgIpc) is 2.89. The Morgan fingerprint density at radius 1 is 1.22 bits per heavy atom. The van der Waals surface area contributed by atoms with E-state index in [1.807, 2.05) is 29.2 Å². The molecular weight excluding hydrogens is 294 g/mol. The summed E-state index contributed by atoms with van der Waals surface area (Å²) in [6.07, 6.45) is 2.19. The number of carbonyl (C=O) groups excluding carboxylic acids is 1. The number of rotatable bonds is 5. The molecule has 0 saturated carbocycles. The first-order valence-corrected chi connectivity index (χ1v) is 7.88. The third-order valence-corrected chi connectivity index (χ3v) is 4.24. The van der Waals surface area contributed by atoms with E-state index in [4.69, 9.17) is 4.42 Å². The molecule has 23 heavy (non-hydrogen) atoms. The third kappa shape index (κ3) is 3.37. The highest BCUT2D eigenvalue weighted by molar-refractivity contribution is 5.77. The fourth-order valence-corrected chi connectivity index (χ4v) is 2.95. The number of fused-ring (bicyclic) bond motifs is 1. The lowest BCUT2D eigenvalue weighted by Crippen LogP contribution is -2.48. The summed E-state index contributed by atoms with van der Waals surface area (Å²) in [6, 6.07) is 7.27. The molecule has 3 rings (SSSR count). The van der Waals surface area contributed by atoms with E-state index in [1.54, 1.807) is 6.07 Å². The largest absolute Gasteiger partial charge is 0.419 e. The van der Waals surface area contributed by atoms with Crippen molar-refractivity contribution in [3.63, 3.8) is 0 Å². The van der Waals surface area contributed by atoms with Crippen molar-refractivity contribution >= 4 is 17.0 Å². The number of aromatic nitrogens is 1. The van der Waals surface area contributed by atoms with Crippen LogP contribution in [0.5, 0.6) is 0 Å². The van der Waals surface area contributed by atoms with Crippen LogP contribution in [0.2, 0.25) is 0 Å². The third-order valence-electron chi connectivity index (χ3n) is 4.24. The summed E-state index contributed by atoms with van der Waals surface area (Å²) in [5.41, 5.74) is 1.30. The molecule has 0 bridgehead atoms. The Bertz CT molecular complexity index is 754. The van der Waals surface area contributed by atoms with Crippen LogP contribution >= 0.6 is 0 Å². The number of benzene rings is 1. The first-order chi connectivity index (χ1) is 11.2. The zero-order chi connectivity index (χ0) is 16.2. The molecule has 0 unspecified atom stereocenters. The van der Waals surface area contributed by atoms with Crippen molar-refractivity contribution in [2.24, 2.45) is 0 Å². The number of carbonyl (C=O) groups is 1. The monoisotopic (exact) mass is 315 g/mol. The summed E-state index contributed by atoms with van der Waals surface area (Å²) in [5, 5.41) is 0. The molecule has 0 spiro atoms. The number of oxazole rings is 1. The van der Waals surface area contributed by atoms with E-state index in [-0.39, 0.29) is 5.91 Å². The van der Waals surface area contributed by atoms with Gasteiger partial charge in [-0.25, -0.2) is 4.79 Å². The van der Waals surface area contributed by atoms with Crippen molar-refractivity contribution in [2.45, 2.75) is 13.0 Å². The fourth-order valence-electron chi connectivity index (χ4n) is 2.95. The lowest BCUT2D eigenvalue weighted by atomic mass is 10.2. The molecule has 0 N–H and O–H groups in total. The van der Waals surface area contributed by atoms with Gasteiger partial charge in [-0.3, -0.25) is 14.3 Å². The smallest absolute Gasteiger partial charge is 0.408 e. The molecule has 1 amide bonds. The lowest BCUT2D eigenvalue weighted by molar-refractivity contribution is -0.133. The van der Waals surface area contributed by atoms with Gasteiger partial charge in [0.25, 0.3) is 0 Å². The zero-order valence-electron chi connectivity index (χ0n) is 13.1. The highest BCUT2D eigenvalue weighted by Crippen LogP contribution is 2.12. The summed E-state index contributed by atoms with van der Waals surface area (Å²) in [7, 11) is 0. The minimum absolute atomic E-state index is 0.0837. The Balaban J connectivity index is 1.60. The van der Waals surface area contributed by atoms with Crippen LogP contribution in [0.4, 0.5) is 0 Å². The van der Waals surface area contributed by atoms with E-state index in [9.17, 15) is 9.59 Å². The predicted octanol–water partition coefficient (Wildman–Crippen LogP) is 1.31. The minimum atomic E-state index is -0.408. The van der Waals surface area contributed by atoms with E-state index in [0.29, 0.717) is 18.5 Å². The van der Waals surface area contributed by atoms with Crippen molar-refractivity contribution in [1.82, 2.24) is 14.4 Å². The van der Waals surface area contributed by atoms with Gasteiger partial charge in [-0.05, 0) is 12.1 Å². The van der Waals surface area contributed by atoms with Gasteiger partial charge in [0.15, 0.2) is 5.58 Å². The summed E-state index contributed by atoms with van der Waals surface area (Å²) < 4.78 is 6.71. The quantitative estimate of drug-likeness (QED) is 0.781. The normalized spacial score (nSPS) is 15.9. The van der Waals surface area contributed by atoms with Gasteiger partial charge in [-0.2, -0.15) is 0 Å². The molecule has 1 aliphatic heterocycles. The van der Waals surface area contributed by atoms with Crippen LogP contribution in [0.15, 0.2) is 46.1 Å². The Kier molecular flexibility index (Phi) is 4.62. The second-order valence-electron chi connectivity index (χ2n) is 5.71. The zero-order valence-corrected chi connectivity index (χ0v) is 13.1. The average molecular weight is 315 g/mol. The van der Waals surface area contributed by atoms with Gasteiger partial charge in [0.05, 0.1) is 5.52 Å². The van der Waals surface area contributed by atoms with Gasteiger partial charge >= 0.3 is 5.76 Å². The van der Waals surface area contributed by atoms with E-state index in [0.717, 1.165) is 38.2 Å². The van der Waals surface area contributed by atoms with Crippen LogP contribution < -0.4 is 5.76 Å². The number of hydrogen-bond acceptors (Lipinski definition) is 4. The highest BCUT2D eigenvalue weighted by atomic mass is 16.4. The van der Waals surface area contributed by atoms with Crippen LogP contribution in [0.25, 0.3) is 11.1 Å². The standard InChI is InChI=1S/C17H21N3O3/c1-2-8-18-10-12-19(13-11-18)16(21)7-9-20-14-5-3-4-6-15(14)23-17(20)22/h2-6H,1,7-13H2. The van der Waals surface area contributed by atoms with Gasteiger partial charge < -0.3 is 9.32 Å². The van der Waals surface area contributed by atoms with E-state index >= 15 is 0 Å². The molecule has 1 saturated heterocycles. The predicted molar refractivity (Wildman–Crippen MR) is 88.3 cm³/mol. The van der Waals surface area contributed by atoms with Crippen LogP contribution in [0.3, 0.4) is 0 Å². The van der Waals surface area contributed by atoms with Gasteiger partial charge in [-0.1, -0.05) is 18.2 Å². The number of hydrogen-bond donors (Lipinski definition) is 0. The Hall–Kier alpha value is -2.34. The SMILES string of the molecule is C=CCN1CCN(C(=O)CCn2c(=O)oc3ccccc32)CC1. The van der Waals surface area contributed by atoms with E-state index in [2.05, 4.69) is 11.5 Å². The number of piperazine rings is 1. The van der Waals surface area contributed by atoms with E-state index < -0.39 is 5.76 Å². The molecule has 6 heteroatoms. The van der Waals surface area contributed by atoms with Crippen LogP contribution in [0.1, 0.15) is 6.42 Å². The molecule has 6 nitrogen and oxygen atoms in total. The molecule has 122 valence electrons. The Morgan fingerprint density at radius 2 is 1.96 bits per heavy atom. The number of nitrogens with zero attached hydrogens (tertiary/aromatic N) is 3. The van der Waals surface area contributed by atoms with Crippen molar-refractivity contribution in [2.75, 3.05) is 32.7 Å². The second-order valence-corrected chi connectivity index (χ2v) is 5.71. The van der Waals surface area contributed by atoms with Crippen molar-refractivity contribution < 1.29 is 9.21 Å². The first kappa shape index (κ1) is 15.6. The Morgan fingerprint density at radius 3 is 2.70 bits per heavy atom. The maximum Gasteiger partial charge on any atom is 0.419 e. The summed E-state index contributed by atoms with van der Waals surface area (Å²) in [5.74, 6) is -0.324. The first-order valence-electron chi connectivity index (χ1n) is 7.88. The maximum absolute atomic E-state index is 12.3. The molecule has 1 fully saturated rings. The van der Waals surface area contributed by atoms with E-state index in [1.165, 1.54) is 4.57 Å². The molecule has 1 aromatic heterocycles. The maximum atomic E-state index is 12.3. The Labute approximate surface area is 134 Å². The molecule has 2 heterocycles. The lowest BCUT2D eigenvalue weighted by Gasteiger charge is -2.34. The molecule has 1 aliphatic rings. The summed E-state index contributed by atoms with van der Waals surface area (Å²) in [4.78, 5) is 28.4. The fraction of sp³-hybridized carbons (Fsp3) is 0.412. The molecule has 1 aromatic carbocycles. The van der Waals surface area contributed by atoms with Crippen molar-refractivity contribution in [3.8, 4) is 0 Å². The molecule has 0 radical (unpaired) electrons. The minimum Gasteiger partial charge on any atom is -0.408 e. The highest BCUT2D eigenvalue weighted by Gasteiger charge is 2.20. The number of para-hydroxylation sites is 2. The second kappa shape index (κ2) is 6.83. The van der Waals surface area contributed by atoms with Gasteiger partial charge in [0.2, 0.25) is 5.91 Å². The molecule has 2 aromatic rings. The molecular formula is C17H21N3O3. The summed E-state index contributed by atoms with van der Waals surface area (Å²) in [6.45, 7) is 8.14. The van der Waals surface area contributed by atoms with Crippen molar-refractivity contribution in [3.05, 3.63) is 47.5 Å². The van der Waals surface area contributed by atoms with Crippen LogP contribution in [-0.2, 0) is 11.3 Å². The molecule has 0 aliphatic carbocycles. The van der Waals surface area contributed by atoms with Crippen LogP contribution in [0, 0.1) is 0 Å². The van der Waals surface area contributed by atoms with Gasteiger partial charge in [-0.15, -0.1) is 6.58 Å². The number of aryl methyl sites for hydroxylation is 1. The van der Waals surface area contributed by atoms with Crippen LogP contribution in [-0.4, -0.2) is 53.0 Å². The van der Waals surface area contributed by atoms with Gasteiger partial charge in [0.1, 0.15) is 0 Å². The van der Waals surface area contributed by atoms with Crippen molar-refractivity contribution in [1.29, 1.82) is 0 Å². The summed E-state index contributed by atoms with van der Waals surface area (Å²) >= 11 is 0. The number of amides is 1.